The monoisotopic (exact) mass is 582 g/mol. The minimum Gasteiger partial charge on any atom is -0.206 e. The molecule has 0 spiro atoms. The van der Waals surface area contributed by atoms with Gasteiger partial charge in [-0.1, -0.05) is 162 Å². The molecule has 0 amide bonds. The third kappa shape index (κ3) is 4.80. The number of tetrazole rings is 1. The summed E-state index contributed by atoms with van der Waals surface area (Å²) < 4.78 is 1.96. The smallest absolute Gasteiger partial charge is 0.177 e. The zero-order valence-corrected chi connectivity index (χ0v) is 23.4. The Hall–Kier alpha value is -4.61. The van der Waals surface area contributed by atoms with Gasteiger partial charge in [-0.25, -0.2) is 4.68 Å². The van der Waals surface area contributed by atoms with E-state index in [2.05, 4.69) is 154 Å². The molecular weight excluding hydrogens is 556 g/mol. The molecule has 0 aliphatic heterocycles. The first kappa shape index (κ1) is 25.7. The highest BCUT2D eigenvalue weighted by Gasteiger charge is 2.41. The number of hydrogen-bond donors (Lipinski definition) is 0. The van der Waals surface area contributed by atoms with Gasteiger partial charge in [0.2, 0.25) is 0 Å². The highest BCUT2D eigenvalue weighted by atomic mass is 79.9. The van der Waals surface area contributed by atoms with E-state index in [0.29, 0.717) is 5.82 Å². The van der Waals surface area contributed by atoms with Crippen LogP contribution in [0.15, 0.2) is 146 Å². The van der Waals surface area contributed by atoms with Crippen molar-refractivity contribution in [2.75, 3.05) is 0 Å². The second kappa shape index (κ2) is 11.6. The van der Waals surface area contributed by atoms with Gasteiger partial charge in [-0.2, -0.15) is 0 Å². The van der Waals surface area contributed by atoms with E-state index in [1.54, 1.807) is 0 Å². The molecule has 0 saturated carbocycles. The third-order valence-corrected chi connectivity index (χ3v) is 7.81. The molecule has 194 valence electrons. The van der Waals surface area contributed by atoms with E-state index in [1.165, 1.54) is 5.56 Å². The lowest BCUT2D eigenvalue weighted by atomic mass is 9.77. The van der Waals surface area contributed by atoms with Crippen LogP contribution in [0.5, 0.6) is 0 Å². The van der Waals surface area contributed by atoms with Crippen molar-refractivity contribution in [1.29, 1.82) is 0 Å². The van der Waals surface area contributed by atoms with Gasteiger partial charge in [-0.15, -0.1) is 5.10 Å². The van der Waals surface area contributed by atoms with Crippen LogP contribution in [-0.2, 0) is 10.9 Å². The summed E-state index contributed by atoms with van der Waals surface area (Å²) in [5, 5.41) is 14.3. The fourth-order valence-electron chi connectivity index (χ4n) is 5.28. The van der Waals surface area contributed by atoms with Crippen molar-refractivity contribution < 1.29 is 0 Å². The summed E-state index contributed by atoms with van der Waals surface area (Å²) in [5.74, 6) is 0.653. The first-order valence-electron chi connectivity index (χ1n) is 13.2. The van der Waals surface area contributed by atoms with Crippen molar-refractivity contribution in [2.24, 2.45) is 0 Å². The van der Waals surface area contributed by atoms with Crippen LogP contribution in [0.2, 0.25) is 0 Å². The predicted octanol–water partition coefficient (Wildman–Crippen LogP) is 8.00. The third-order valence-electron chi connectivity index (χ3n) is 7.16. The van der Waals surface area contributed by atoms with Crippen LogP contribution in [0.4, 0.5) is 0 Å². The number of nitrogens with zero attached hydrogens (tertiary/aromatic N) is 4. The Balaban J connectivity index is 1.65. The van der Waals surface area contributed by atoms with Gasteiger partial charge in [0.15, 0.2) is 5.82 Å². The molecule has 1 heterocycles. The van der Waals surface area contributed by atoms with E-state index < -0.39 is 5.54 Å². The Bertz CT molecular complexity index is 1600. The molecule has 6 aromatic rings. The molecule has 1 aromatic heterocycles. The molecule has 40 heavy (non-hydrogen) atoms. The van der Waals surface area contributed by atoms with Crippen LogP contribution >= 0.6 is 15.9 Å². The summed E-state index contributed by atoms with van der Waals surface area (Å²) in [6.45, 7) is 0. The average Bonchev–Trinajstić information content (AvgIpc) is 3.51. The van der Waals surface area contributed by atoms with Crippen LogP contribution in [-0.4, -0.2) is 20.2 Å². The minimum atomic E-state index is -0.805. The van der Waals surface area contributed by atoms with Crippen molar-refractivity contribution in [3.05, 3.63) is 185 Å². The first-order valence-corrected chi connectivity index (χ1v) is 14.3. The van der Waals surface area contributed by atoms with Gasteiger partial charge < -0.3 is 0 Å². The number of benzene rings is 5. The molecule has 0 atom stereocenters. The van der Waals surface area contributed by atoms with E-state index in [-0.39, 0.29) is 0 Å². The molecular formula is C35H27BrN4. The van der Waals surface area contributed by atoms with Crippen molar-refractivity contribution in [2.45, 2.75) is 10.9 Å². The molecule has 4 nitrogen and oxygen atoms in total. The second-order valence-electron chi connectivity index (χ2n) is 9.51. The highest BCUT2D eigenvalue weighted by molar-refractivity contribution is 9.08. The van der Waals surface area contributed by atoms with Crippen LogP contribution in [0.25, 0.3) is 11.6 Å². The zero-order valence-electron chi connectivity index (χ0n) is 21.8. The first-order chi connectivity index (χ1) is 19.8. The number of aromatic nitrogens is 4. The summed E-state index contributed by atoms with van der Waals surface area (Å²) in [5.41, 5.74) is 6.84. The molecule has 0 fully saturated rings. The SMILES string of the molecule is BrCc1ccc(/C(=C/c2nnnn2C(c2ccccc2)(c2ccccc2)c2ccccc2)c2ccccc2)cc1. The lowest BCUT2D eigenvalue weighted by Crippen LogP contribution is -2.39. The molecule has 0 saturated heterocycles. The van der Waals surface area contributed by atoms with Gasteiger partial charge >= 0.3 is 0 Å². The zero-order chi connectivity index (χ0) is 27.2. The molecule has 5 heteroatoms. The topological polar surface area (TPSA) is 43.6 Å². The van der Waals surface area contributed by atoms with Gasteiger partial charge in [0, 0.05) is 5.33 Å². The second-order valence-corrected chi connectivity index (χ2v) is 10.1. The molecule has 0 unspecified atom stereocenters. The number of alkyl halides is 1. The molecule has 5 aromatic carbocycles. The largest absolute Gasteiger partial charge is 0.206 e. The lowest BCUT2D eigenvalue weighted by molar-refractivity contribution is 0.443. The van der Waals surface area contributed by atoms with Crippen molar-refractivity contribution in [1.82, 2.24) is 20.2 Å². The Morgan fingerprint density at radius 3 is 1.52 bits per heavy atom. The van der Waals surface area contributed by atoms with E-state index >= 15 is 0 Å². The van der Waals surface area contributed by atoms with Crippen molar-refractivity contribution in [3.63, 3.8) is 0 Å². The standard InChI is InChI=1S/C35H27BrN4/c36-26-27-21-23-29(24-22-27)33(28-13-5-1-6-14-28)25-34-37-38-39-40(34)35(30-15-7-2-8-16-30,31-17-9-3-10-18-31)32-19-11-4-12-20-32/h1-25H,26H2/b33-25+. The normalized spacial score (nSPS) is 11.9. The fourth-order valence-corrected chi connectivity index (χ4v) is 5.66. The maximum Gasteiger partial charge on any atom is 0.177 e. The Morgan fingerprint density at radius 2 is 1.05 bits per heavy atom. The molecule has 0 aliphatic rings. The summed E-state index contributed by atoms with van der Waals surface area (Å²) in [6.07, 6.45) is 2.10. The van der Waals surface area contributed by atoms with Gasteiger partial charge in [0.25, 0.3) is 0 Å². The lowest BCUT2D eigenvalue weighted by Gasteiger charge is -2.36. The van der Waals surface area contributed by atoms with Crippen LogP contribution in [0, 0.1) is 0 Å². The van der Waals surface area contributed by atoms with Crippen LogP contribution in [0.3, 0.4) is 0 Å². The summed E-state index contributed by atoms with van der Waals surface area (Å²) in [6, 6.07) is 50.4. The molecule has 0 N–H and O–H groups in total. The van der Waals surface area contributed by atoms with Gasteiger partial charge in [-0.3, -0.25) is 0 Å². The van der Waals surface area contributed by atoms with Crippen LogP contribution in [0.1, 0.15) is 39.2 Å². The van der Waals surface area contributed by atoms with E-state index in [4.69, 9.17) is 5.21 Å². The number of rotatable bonds is 8. The highest BCUT2D eigenvalue weighted by Crippen LogP contribution is 2.41. The van der Waals surface area contributed by atoms with Gasteiger partial charge in [-0.05, 0) is 55.5 Å². The van der Waals surface area contributed by atoms with Gasteiger partial charge in [0.05, 0.1) is 0 Å². The Kier molecular flexibility index (Phi) is 7.47. The predicted molar refractivity (Wildman–Crippen MR) is 165 cm³/mol. The van der Waals surface area contributed by atoms with Crippen molar-refractivity contribution in [3.8, 4) is 0 Å². The maximum atomic E-state index is 4.69. The molecule has 0 aliphatic carbocycles. The average molecular weight is 584 g/mol. The summed E-state index contributed by atoms with van der Waals surface area (Å²) in [7, 11) is 0. The van der Waals surface area contributed by atoms with Crippen LogP contribution < -0.4 is 0 Å². The molecule has 0 radical (unpaired) electrons. The molecule has 6 rings (SSSR count). The summed E-state index contributed by atoms with van der Waals surface area (Å²) >= 11 is 3.57. The van der Waals surface area contributed by atoms with Crippen molar-refractivity contribution >= 4 is 27.6 Å². The van der Waals surface area contributed by atoms with E-state index in [0.717, 1.165) is 38.7 Å². The number of halogens is 1. The molecule has 0 bridgehead atoms. The Morgan fingerprint density at radius 1 is 0.600 bits per heavy atom. The van der Waals surface area contributed by atoms with E-state index in [1.807, 2.05) is 28.9 Å². The summed E-state index contributed by atoms with van der Waals surface area (Å²) in [4.78, 5) is 0. The van der Waals surface area contributed by atoms with E-state index in [9.17, 15) is 0 Å². The minimum absolute atomic E-state index is 0.653. The quantitative estimate of drug-likeness (QED) is 0.135. The fraction of sp³-hybridized carbons (Fsp3) is 0.0571. The maximum absolute atomic E-state index is 4.69. The number of hydrogen-bond acceptors (Lipinski definition) is 3. The van der Waals surface area contributed by atoms with Gasteiger partial charge in [0.1, 0.15) is 5.54 Å². The Labute approximate surface area is 242 Å².